The molecule has 9 nitrogen and oxygen atoms in total. The number of imide groups is 1. The quantitative estimate of drug-likeness (QED) is 0.737. The summed E-state index contributed by atoms with van der Waals surface area (Å²) in [5, 5.41) is 13.4. The molecule has 1 aromatic heterocycles. The zero-order valence-electron chi connectivity index (χ0n) is 14.6. The standard InChI is InChI=1S/C16H24N6O3/c1-11(2)22-10-18-20-12(22)9-17-13(23)5-8-21-14(24)16(19-15(21)25)6-3-4-7-16/h10-11H,3-9H2,1-2H3,(H,17,23)(H,19,25). The highest BCUT2D eigenvalue weighted by Crippen LogP contribution is 2.34. The molecule has 2 aliphatic rings. The van der Waals surface area contributed by atoms with Crippen LogP contribution in [0.4, 0.5) is 4.79 Å². The number of nitrogens with one attached hydrogen (secondary N) is 2. The first-order valence-electron chi connectivity index (χ1n) is 8.72. The molecule has 136 valence electrons. The van der Waals surface area contributed by atoms with Gasteiger partial charge in [-0.05, 0) is 26.7 Å². The summed E-state index contributed by atoms with van der Waals surface area (Å²) in [6.07, 6.45) is 4.95. The lowest BCUT2D eigenvalue weighted by molar-refractivity contribution is -0.131. The van der Waals surface area contributed by atoms with Crippen LogP contribution in [0.2, 0.25) is 0 Å². The molecule has 0 unspecified atom stereocenters. The highest BCUT2D eigenvalue weighted by molar-refractivity contribution is 6.07. The fraction of sp³-hybridized carbons (Fsp3) is 0.688. The first-order chi connectivity index (χ1) is 11.9. The molecule has 2 fully saturated rings. The number of urea groups is 1. The van der Waals surface area contributed by atoms with Gasteiger partial charge in [0.05, 0.1) is 6.54 Å². The largest absolute Gasteiger partial charge is 0.349 e. The Bertz CT molecular complexity index is 677. The van der Waals surface area contributed by atoms with Crippen molar-refractivity contribution in [1.82, 2.24) is 30.3 Å². The van der Waals surface area contributed by atoms with Gasteiger partial charge in [-0.25, -0.2) is 4.79 Å². The number of rotatable bonds is 6. The van der Waals surface area contributed by atoms with Gasteiger partial charge in [0.1, 0.15) is 11.9 Å². The fourth-order valence-corrected chi connectivity index (χ4v) is 3.50. The van der Waals surface area contributed by atoms with Crippen LogP contribution in [0.25, 0.3) is 0 Å². The van der Waals surface area contributed by atoms with Gasteiger partial charge in [-0.1, -0.05) is 12.8 Å². The van der Waals surface area contributed by atoms with E-state index in [4.69, 9.17) is 0 Å². The van der Waals surface area contributed by atoms with Crippen molar-refractivity contribution in [2.45, 2.75) is 64.1 Å². The Kier molecular flexibility index (Phi) is 4.73. The van der Waals surface area contributed by atoms with E-state index in [-0.39, 0.29) is 43.4 Å². The van der Waals surface area contributed by atoms with Gasteiger partial charge in [-0.3, -0.25) is 14.5 Å². The average Bonchev–Trinajstić information content (AvgIpc) is 3.26. The molecule has 9 heteroatoms. The number of hydrogen-bond acceptors (Lipinski definition) is 5. The Hall–Kier alpha value is -2.45. The van der Waals surface area contributed by atoms with Crippen LogP contribution in [0.15, 0.2) is 6.33 Å². The monoisotopic (exact) mass is 348 g/mol. The van der Waals surface area contributed by atoms with E-state index in [1.807, 2.05) is 18.4 Å². The number of carbonyl (C=O) groups is 3. The van der Waals surface area contributed by atoms with Crippen molar-refractivity contribution in [2.24, 2.45) is 0 Å². The van der Waals surface area contributed by atoms with E-state index in [0.717, 1.165) is 12.8 Å². The molecule has 1 aromatic rings. The second-order valence-corrected chi connectivity index (χ2v) is 6.95. The highest BCUT2D eigenvalue weighted by atomic mass is 16.2. The minimum atomic E-state index is -0.721. The second-order valence-electron chi connectivity index (χ2n) is 6.95. The molecule has 3 rings (SSSR count). The zero-order valence-corrected chi connectivity index (χ0v) is 14.6. The molecule has 0 radical (unpaired) electrons. The average molecular weight is 348 g/mol. The van der Waals surface area contributed by atoms with Crippen molar-refractivity contribution in [3.8, 4) is 0 Å². The van der Waals surface area contributed by atoms with Gasteiger partial charge in [-0.2, -0.15) is 0 Å². The summed E-state index contributed by atoms with van der Waals surface area (Å²) in [7, 11) is 0. The molecular formula is C16H24N6O3. The van der Waals surface area contributed by atoms with E-state index >= 15 is 0 Å². The van der Waals surface area contributed by atoms with Crippen LogP contribution in [0.1, 0.15) is 57.8 Å². The van der Waals surface area contributed by atoms with Crippen LogP contribution in [0, 0.1) is 0 Å². The van der Waals surface area contributed by atoms with Gasteiger partial charge >= 0.3 is 6.03 Å². The first kappa shape index (κ1) is 17.4. The van der Waals surface area contributed by atoms with Gasteiger partial charge < -0.3 is 15.2 Å². The Labute approximate surface area is 146 Å². The fourth-order valence-electron chi connectivity index (χ4n) is 3.50. The summed E-state index contributed by atoms with van der Waals surface area (Å²) < 4.78 is 1.88. The van der Waals surface area contributed by atoms with E-state index in [2.05, 4.69) is 20.8 Å². The summed E-state index contributed by atoms with van der Waals surface area (Å²) in [4.78, 5) is 37.8. The maximum atomic E-state index is 12.5. The van der Waals surface area contributed by atoms with Crippen molar-refractivity contribution in [2.75, 3.05) is 6.54 Å². The predicted molar refractivity (Wildman–Crippen MR) is 88.3 cm³/mol. The van der Waals surface area contributed by atoms with E-state index in [0.29, 0.717) is 18.7 Å². The lowest BCUT2D eigenvalue weighted by Gasteiger charge is -2.19. The Morgan fingerprint density at radius 3 is 2.76 bits per heavy atom. The molecule has 4 amide bonds. The normalized spacial score (nSPS) is 19.1. The van der Waals surface area contributed by atoms with Gasteiger partial charge in [0.25, 0.3) is 5.91 Å². The smallest absolute Gasteiger partial charge is 0.325 e. The first-order valence-corrected chi connectivity index (χ1v) is 8.72. The van der Waals surface area contributed by atoms with Crippen molar-refractivity contribution >= 4 is 17.8 Å². The Morgan fingerprint density at radius 2 is 2.08 bits per heavy atom. The van der Waals surface area contributed by atoms with Crippen LogP contribution in [-0.4, -0.2) is 49.6 Å². The molecule has 1 aliphatic carbocycles. The Balaban J connectivity index is 1.50. The van der Waals surface area contributed by atoms with E-state index in [1.54, 1.807) is 6.33 Å². The van der Waals surface area contributed by atoms with Crippen LogP contribution < -0.4 is 10.6 Å². The lowest BCUT2D eigenvalue weighted by atomic mass is 9.98. The topological polar surface area (TPSA) is 109 Å². The van der Waals surface area contributed by atoms with Crippen LogP contribution in [0.3, 0.4) is 0 Å². The molecule has 0 atom stereocenters. The highest BCUT2D eigenvalue weighted by Gasteiger charge is 2.52. The molecule has 0 aromatic carbocycles. The molecule has 1 aliphatic heterocycles. The third-order valence-corrected chi connectivity index (χ3v) is 4.91. The number of aromatic nitrogens is 3. The van der Waals surface area contributed by atoms with Crippen LogP contribution in [-0.2, 0) is 16.1 Å². The maximum absolute atomic E-state index is 12.5. The third kappa shape index (κ3) is 3.35. The molecule has 1 saturated carbocycles. The minimum absolute atomic E-state index is 0.0745. The molecule has 25 heavy (non-hydrogen) atoms. The van der Waals surface area contributed by atoms with Gasteiger partial charge in [0.2, 0.25) is 5.91 Å². The van der Waals surface area contributed by atoms with E-state index < -0.39 is 5.54 Å². The van der Waals surface area contributed by atoms with Crippen LogP contribution in [0.5, 0.6) is 0 Å². The number of hydrogen-bond donors (Lipinski definition) is 2. The molecular weight excluding hydrogens is 324 g/mol. The Morgan fingerprint density at radius 1 is 1.36 bits per heavy atom. The van der Waals surface area contributed by atoms with Crippen LogP contribution >= 0.6 is 0 Å². The van der Waals surface area contributed by atoms with Crippen molar-refractivity contribution in [3.05, 3.63) is 12.2 Å². The SMILES string of the molecule is CC(C)n1cnnc1CNC(=O)CCN1C(=O)NC2(CCCC2)C1=O. The predicted octanol–water partition coefficient (Wildman–Crippen LogP) is 0.730. The molecule has 1 spiro atoms. The second kappa shape index (κ2) is 6.81. The molecule has 0 bridgehead atoms. The number of amides is 4. The summed E-state index contributed by atoms with van der Waals surface area (Å²) in [6, 6.07) is -0.185. The van der Waals surface area contributed by atoms with Gasteiger partial charge in [0, 0.05) is 19.0 Å². The molecule has 2 N–H and O–H groups in total. The van der Waals surface area contributed by atoms with Crippen molar-refractivity contribution in [3.63, 3.8) is 0 Å². The zero-order chi connectivity index (χ0) is 18.0. The van der Waals surface area contributed by atoms with E-state index in [9.17, 15) is 14.4 Å². The van der Waals surface area contributed by atoms with Crippen molar-refractivity contribution in [1.29, 1.82) is 0 Å². The third-order valence-electron chi connectivity index (χ3n) is 4.91. The summed E-state index contributed by atoms with van der Waals surface area (Å²) in [5.74, 6) is 0.247. The summed E-state index contributed by atoms with van der Waals surface area (Å²) in [5.41, 5.74) is -0.721. The minimum Gasteiger partial charge on any atom is -0.349 e. The molecule has 2 heterocycles. The summed E-state index contributed by atoms with van der Waals surface area (Å²) in [6.45, 7) is 4.37. The lowest BCUT2D eigenvalue weighted by Crippen LogP contribution is -2.44. The maximum Gasteiger partial charge on any atom is 0.325 e. The van der Waals surface area contributed by atoms with Gasteiger partial charge in [0.15, 0.2) is 5.82 Å². The summed E-state index contributed by atoms with van der Waals surface area (Å²) >= 11 is 0. The van der Waals surface area contributed by atoms with E-state index in [1.165, 1.54) is 4.90 Å². The molecule has 1 saturated heterocycles. The van der Waals surface area contributed by atoms with Crippen molar-refractivity contribution < 1.29 is 14.4 Å². The van der Waals surface area contributed by atoms with Gasteiger partial charge in [-0.15, -0.1) is 10.2 Å². The number of nitrogens with zero attached hydrogens (tertiary/aromatic N) is 4. The number of carbonyl (C=O) groups excluding carboxylic acids is 3.